The predicted octanol–water partition coefficient (Wildman–Crippen LogP) is 13.4. The third-order valence-corrected chi connectivity index (χ3v) is 20.8. The highest BCUT2D eigenvalue weighted by atomic mass is 35.5. The Labute approximate surface area is 600 Å². The van der Waals surface area contributed by atoms with Crippen molar-refractivity contribution in [3.63, 3.8) is 0 Å². The molecule has 8 atom stereocenters. The van der Waals surface area contributed by atoms with Crippen LogP contribution in [0.5, 0.6) is 0 Å². The number of nitrogens with zero attached hydrogens (tertiary/aromatic N) is 8. The number of imidazole rings is 2. The molecule has 2 fully saturated rings. The Bertz CT molecular complexity index is 3530. The average molecular weight is 1510 g/mol. The van der Waals surface area contributed by atoms with Crippen molar-refractivity contribution in [1.82, 2.24) is 39.2 Å². The molecule has 537 valence electrons. The SMILES string of the molecule is CCO.CC[B]F.CC[SiH](CC)CC.CSc1nc(SC)c2ncc(C3(O)O[C@H](COC(=O)c4ccccc4)[C@@H](OC(=O)c4ccccc4)[C@@]3(C)F)n2n1.CSc1nc(SC)c2ncc([C@]3(O)O[C@H](COC(=O)c4ccccc4)[C@@H](OC(=O)c4ccccc4)[C@@]3(C)F)n2n1.ClCCl.FF. The molecule has 0 saturated carbocycles. The standard InChI is InChI=1S/2C27H25FN4O6S2.C6H16Si.C2H5BF.C2H6O.CH2Cl2.F2/c2*1-26(28)20(37-24(34)17-12-8-5-9-13-17)18(15-36-23(33)16-10-6-4-7-11-16)38-27(26,35)19-14-29-21-22(39-2)30-25(40-3)31-32(19)21;1-4-7(5-2)6-3;1-2-3-4;1-2-3;2-1-3;1-2/h2*4-14,18,20,35H,15H2,1-3H3;7H,4-6H2,1-3H3;2H2,1H3;3H,2H2,1H3;1H2;/t18-,20-,26-,27?;18-,20-,26-,27+;;;;;/m11...../s1. The molecule has 4 aromatic carbocycles. The number of aliphatic hydroxyl groups excluding tert-OH is 1. The lowest BCUT2D eigenvalue weighted by atomic mass is 9.89. The molecule has 2 aliphatic heterocycles. The summed E-state index contributed by atoms with van der Waals surface area (Å²) in [6.45, 7) is 11.7. The molecule has 1 radical (unpaired) electrons. The molecule has 2 aliphatic rings. The molecule has 8 aromatic rings. The maximum absolute atomic E-state index is 16.9. The molecule has 2 saturated heterocycles. The lowest BCUT2D eigenvalue weighted by Crippen LogP contribution is -2.51. The van der Waals surface area contributed by atoms with Gasteiger partial charge in [0.2, 0.25) is 21.7 Å². The quantitative estimate of drug-likeness (QED) is 0.0160. The van der Waals surface area contributed by atoms with Crippen LogP contribution in [-0.2, 0) is 40.0 Å². The summed E-state index contributed by atoms with van der Waals surface area (Å²) < 4.78 is 96.6. The van der Waals surface area contributed by atoms with E-state index < -0.39 is 84.4 Å². The van der Waals surface area contributed by atoms with E-state index >= 15 is 8.78 Å². The van der Waals surface area contributed by atoms with E-state index in [1.54, 1.807) is 136 Å². The van der Waals surface area contributed by atoms with E-state index in [2.05, 4.69) is 50.9 Å². The summed E-state index contributed by atoms with van der Waals surface area (Å²) in [6, 6.07) is 36.9. The van der Waals surface area contributed by atoms with Gasteiger partial charge < -0.3 is 48.1 Å². The van der Waals surface area contributed by atoms with Gasteiger partial charge in [-0.05, 0) is 101 Å². The zero-order chi connectivity index (χ0) is 73.5. The van der Waals surface area contributed by atoms with Crippen LogP contribution in [0.2, 0.25) is 24.5 Å². The number of hydrogen-bond donors (Lipinski definition) is 3. The molecule has 0 bridgehead atoms. The summed E-state index contributed by atoms with van der Waals surface area (Å²) in [7, 11) is 0.454. The van der Waals surface area contributed by atoms with Crippen molar-refractivity contribution in [2.75, 3.05) is 50.2 Å². The van der Waals surface area contributed by atoms with E-state index in [-0.39, 0.29) is 65.7 Å². The first-order chi connectivity index (χ1) is 47.5. The number of hydrogen-bond acceptors (Lipinski definition) is 23. The zero-order valence-electron chi connectivity index (χ0n) is 56.1. The summed E-state index contributed by atoms with van der Waals surface area (Å²) >= 11 is 14.7. The van der Waals surface area contributed by atoms with Gasteiger partial charge in [-0.1, -0.05) is 142 Å². The second kappa shape index (κ2) is 42.1. The molecule has 1 unspecified atom stereocenters. The summed E-state index contributed by atoms with van der Waals surface area (Å²) in [6.07, 6.45) is 4.03. The molecule has 3 N–H and O–H groups in total. The number of alkyl halides is 4. The number of aromatic nitrogens is 8. The monoisotopic (exact) mass is 1510 g/mol. The summed E-state index contributed by atoms with van der Waals surface area (Å²) in [5.74, 6) is -8.45. The normalized spacial score (nSPS) is 21.0. The van der Waals surface area contributed by atoms with Crippen molar-refractivity contribution in [2.24, 2.45) is 0 Å². The van der Waals surface area contributed by atoms with Crippen LogP contribution >= 0.6 is 70.2 Å². The fourth-order valence-electron chi connectivity index (χ4n) is 9.71. The molecule has 10 rings (SSSR count). The summed E-state index contributed by atoms with van der Waals surface area (Å²) in [5.41, 5.74) is -4.31. The Morgan fingerprint density at radius 3 is 1.09 bits per heavy atom. The minimum absolute atomic E-state index is 0.141. The molecule has 4 aromatic heterocycles. The first kappa shape index (κ1) is 85.0. The Kier molecular flexibility index (Phi) is 36.1. The highest BCUT2D eigenvalue weighted by Gasteiger charge is 2.70. The van der Waals surface area contributed by atoms with E-state index in [9.17, 15) is 33.7 Å². The third-order valence-electron chi connectivity index (χ3n) is 14.9. The number of ether oxygens (including phenoxy) is 6. The highest BCUT2D eigenvalue weighted by Crippen LogP contribution is 2.51. The first-order valence-corrected chi connectivity index (χ1v) is 39.0. The second-order valence-electron chi connectivity index (χ2n) is 21.1. The fourth-order valence-corrected chi connectivity index (χ4v) is 13.2. The topological polar surface area (TPSA) is 271 Å². The van der Waals surface area contributed by atoms with Crippen LogP contribution in [0.15, 0.2) is 154 Å². The summed E-state index contributed by atoms with van der Waals surface area (Å²) in [5, 5.41) is 42.0. The Hall–Kier alpha value is -6.43. The Morgan fingerprint density at radius 1 is 0.566 bits per heavy atom. The number of thioether (sulfide) groups is 4. The van der Waals surface area contributed by atoms with Gasteiger partial charge in [0.15, 0.2) is 23.5 Å². The largest absolute Gasteiger partial charge is 0.459 e. The highest BCUT2D eigenvalue weighted by molar-refractivity contribution is 7.99. The molecule has 34 heteroatoms. The van der Waals surface area contributed by atoms with Crippen LogP contribution in [0.1, 0.15) is 101 Å². The number of rotatable bonds is 20. The van der Waals surface area contributed by atoms with Crippen molar-refractivity contribution in [3.8, 4) is 0 Å². The Morgan fingerprint density at radius 2 is 0.848 bits per heavy atom. The molecule has 21 nitrogen and oxygen atoms in total. The van der Waals surface area contributed by atoms with Gasteiger partial charge in [0, 0.05) is 24.6 Å². The van der Waals surface area contributed by atoms with Gasteiger partial charge in [-0.15, -0.1) is 56.9 Å². The number of carbonyl (C=O) groups excluding carboxylic acids is 4. The van der Waals surface area contributed by atoms with Crippen molar-refractivity contribution >= 4 is 122 Å². The van der Waals surface area contributed by atoms with Gasteiger partial charge in [-0.2, -0.15) is 0 Å². The van der Waals surface area contributed by atoms with E-state index in [1.165, 1.54) is 111 Å². The van der Waals surface area contributed by atoms with Gasteiger partial charge in [-0.3, -0.25) is 0 Å². The Balaban J connectivity index is 0.000000335. The van der Waals surface area contributed by atoms with Gasteiger partial charge >= 0.3 is 31.4 Å². The fraction of sp³-hybridized carbons (Fsp3) is 0.415. The first-order valence-electron chi connectivity index (χ1n) is 30.6. The molecule has 0 amide bonds. The van der Waals surface area contributed by atoms with Crippen molar-refractivity contribution < 1.29 is 85.2 Å². The van der Waals surface area contributed by atoms with Crippen molar-refractivity contribution in [1.29, 1.82) is 0 Å². The van der Waals surface area contributed by atoms with E-state index in [4.69, 9.17) is 65.9 Å². The molecular weight excluding hydrogens is 1430 g/mol. The predicted molar refractivity (Wildman–Crippen MR) is 377 cm³/mol. The third kappa shape index (κ3) is 21.6. The van der Waals surface area contributed by atoms with E-state index in [0.717, 1.165) is 13.8 Å². The van der Waals surface area contributed by atoms with Gasteiger partial charge in [-0.25, -0.2) is 56.9 Å². The van der Waals surface area contributed by atoms with Crippen molar-refractivity contribution in [3.05, 3.63) is 167 Å². The lowest BCUT2D eigenvalue weighted by molar-refractivity contribution is -0.256. The van der Waals surface area contributed by atoms with Crippen LogP contribution in [0.25, 0.3) is 11.3 Å². The van der Waals surface area contributed by atoms with Crippen LogP contribution in [-0.4, -0.2) is 181 Å². The number of fused-ring (bicyclic) bond motifs is 2. The maximum Gasteiger partial charge on any atom is 0.354 e. The minimum Gasteiger partial charge on any atom is -0.459 e. The molecular formula is C65H79BCl2F5N8O13S4Si. The van der Waals surface area contributed by atoms with Crippen molar-refractivity contribution in [2.45, 2.75) is 141 Å². The lowest BCUT2D eigenvalue weighted by Gasteiger charge is -2.32. The number of esters is 4. The van der Waals surface area contributed by atoms with Crippen LogP contribution < -0.4 is 0 Å². The molecule has 6 heterocycles. The molecule has 99 heavy (non-hydrogen) atoms. The van der Waals surface area contributed by atoms with E-state index in [1.807, 2.05) is 0 Å². The minimum atomic E-state index is -2.73. The number of halogens is 7. The molecule has 0 spiro atoms. The average Bonchev–Trinajstić information content (AvgIpc) is 1.57. The smallest absolute Gasteiger partial charge is 0.354 e. The maximum atomic E-state index is 16.9. The number of aliphatic hydroxyl groups is 3. The second-order valence-corrected chi connectivity index (χ2v) is 29.2. The van der Waals surface area contributed by atoms with Gasteiger partial charge in [0.05, 0.1) is 40.0 Å². The molecule has 0 aliphatic carbocycles. The summed E-state index contributed by atoms with van der Waals surface area (Å²) in [4.78, 5) is 68.7. The zero-order valence-corrected chi connectivity index (χ0v) is 62.0. The van der Waals surface area contributed by atoms with Crippen LogP contribution in [0.4, 0.5) is 22.2 Å². The van der Waals surface area contributed by atoms with Gasteiger partial charge in [0.25, 0.3) is 11.6 Å². The van der Waals surface area contributed by atoms with Crippen LogP contribution in [0, 0.1) is 0 Å². The van der Waals surface area contributed by atoms with E-state index in [0.29, 0.717) is 34.2 Å². The number of carbonyl (C=O) groups is 4. The number of benzene rings is 4. The van der Waals surface area contributed by atoms with Crippen LogP contribution in [0.3, 0.4) is 0 Å². The van der Waals surface area contributed by atoms with Gasteiger partial charge in [0.1, 0.15) is 46.9 Å².